The zero-order valence-corrected chi connectivity index (χ0v) is 23.8. The third-order valence-corrected chi connectivity index (χ3v) is 8.12. The van der Waals surface area contributed by atoms with E-state index in [-0.39, 0.29) is 34.3 Å². The summed E-state index contributed by atoms with van der Waals surface area (Å²) in [5.41, 5.74) is 6.19. The molecular weight excluding hydrogens is 552 g/mol. The highest BCUT2D eigenvalue weighted by atomic mass is 16.6. The smallest absolute Gasteiger partial charge is 0.269 e. The largest absolute Gasteiger partial charge is 0.378 e. The molecule has 0 heterocycles. The molecule has 1 aliphatic rings. The van der Waals surface area contributed by atoms with Crippen molar-refractivity contribution in [3.05, 3.63) is 182 Å². The molecular formula is C36H30N4O4. The molecule has 6 rings (SSSR count). The lowest BCUT2D eigenvalue weighted by molar-refractivity contribution is -0.385. The predicted octanol–water partition coefficient (Wildman–Crippen LogP) is 8.54. The Morgan fingerprint density at radius 2 is 1.25 bits per heavy atom. The number of nitro groups is 2. The minimum atomic E-state index is -0.399. The summed E-state index contributed by atoms with van der Waals surface area (Å²) >= 11 is 0. The number of benzene rings is 5. The first kappa shape index (κ1) is 28.4. The lowest BCUT2D eigenvalue weighted by Crippen LogP contribution is -2.45. The van der Waals surface area contributed by atoms with Crippen molar-refractivity contribution in [3.8, 4) is 0 Å². The summed E-state index contributed by atoms with van der Waals surface area (Å²) in [6.07, 6.45) is 4.85. The van der Waals surface area contributed by atoms with Gasteiger partial charge in [-0.25, -0.2) is 0 Å². The highest BCUT2D eigenvalue weighted by Crippen LogP contribution is 2.46. The van der Waals surface area contributed by atoms with Gasteiger partial charge in [0.05, 0.1) is 15.9 Å². The van der Waals surface area contributed by atoms with Crippen molar-refractivity contribution < 1.29 is 9.85 Å². The first-order chi connectivity index (χ1) is 21.5. The third-order valence-electron chi connectivity index (χ3n) is 8.12. The number of nitrogens with one attached hydrogen (secondary N) is 1. The molecule has 5 aromatic carbocycles. The van der Waals surface area contributed by atoms with Crippen molar-refractivity contribution >= 4 is 28.8 Å². The summed E-state index contributed by atoms with van der Waals surface area (Å²) in [7, 11) is 0. The molecule has 8 nitrogen and oxygen atoms in total. The summed E-state index contributed by atoms with van der Waals surface area (Å²) in [5.74, 6) is -0.0723. The van der Waals surface area contributed by atoms with Crippen LogP contribution < -0.4 is 10.2 Å². The van der Waals surface area contributed by atoms with Gasteiger partial charge in [0.25, 0.3) is 11.4 Å². The molecule has 3 atom stereocenters. The lowest BCUT2D eigenvalue weighted by Gasteiger charge is -2.45. The Kier molecular flexibility index (Phi) is 8.14. The van der Waals surface area contributed by atoms with E-state index < -0.39 is 4.92 Å². The number of nitro benzene ring substituents is 2. The highest BCUT2D eigenvalue weighted by Gasteiger charge is 2.40. The molecule has 0 saturated carbocycles. The second kappa shape index (κ2) is 12.6. The Hall–Kier alpha value is -5.76. The predicted molar refractivity (Wildman–Crippen MR) is 174 cm³/mol. The lowest BCUT2D eigenvalue weighted by atomic mass is 9.72. The fraction of sp³-hybridized carbons (Fsp3) is 0.111. The van der Waals surface area contributed by atoms with Crippen LogP contribution in [0.3, 0.4) is 0 Å². The van der Waals surface area contributed by atoms with Crippen LogP contribution in [0.2, 0.25) is 0 Å². The summed E-state index contributed by atoms with van der Waals surface area (Å²) in [6, 6.07) is 41.6. The minimum absolute atomic E-state index is 0.0343. The second-order valence-corrected chi connectivity index (χ2v) is 10.7. The molecule has 0 saturated heterocycles. The van der Waals surface area contributed by atoms with E-state index in [0.717, 1.165) is 34.5 Å². The molecule has 5 aromatic rings. The van der Waals surface area contributed by atoms with E-state index in [2.05, 4.69) is 46.8 Å². The fourth-order valence-corrected chi connectivity index (χ4v) is 6.04. The number of hydrogen-bond acceptors (Lipinski definition) is 6. The van der Waals surface area contributed by atoms with Crippen LogP contribution in [0.5, 0.6) is 0 Å². The van der Waals surface area contributed by atoms with Gasteiger partial charge in [0, 0.05) is 53.8 Å². The summed E-state index contributed by atoms with van der Waals surface area (Å²) < 4.78 is 0. The molecule has 8 heteroatoms. The Labute approximate surface area is 255 Å². The van der Waals surface area contributed by atoms with Gasteiger partial charge < -0.3 is 10.2 Å². The van der Waals surface area contributed by atoms with Crippen molar-refractivity contribution in [1.29, 1.82) is 0 Å². The molecule has 218 valence electrons. The molecule has 0 spiro atoms. The number of hydrogen-bond donors (Lipinski definition) is 1. The van der Waals surface area contributed by atoms with Gasteiger partial charge in [0.1, 0.15) is 0 Å². The topological polar surface area (TPSA) is 102 Å². The number of non-ortho nitro benzene ring substituents is 2. The van der Waals surface area contributed by atoms with Gasteiger partial charge in [0.15, 0.2) is 0 Å². The van der Waals surface area contributed by atoms with E-state index in [4.69, 9.17) is 0 Å². The SMILES string of the molecule is O=[N+]([O-])c1ccc(N[C@@H]2c3ccccc3C[C@@H](N(/C=C/c3ccccc3)c3ccc([N+](=O)[O-])cc3)[C@H]2c2ccccc2)cc1. The monoisotopic (exact) mass is 582 g/mol. The van der Waals surface area contributed by atoms with Crippen molar-refractivity contribution in [2.24, 2.45) is 0 Å². The van der Waals surface area contributed by atoms with E-state index in [1.807, 2.05) is 60.7 Å². The van der Waals surface area contributed by atoms with Crippen molar-refractivity contribution in [1.82, 2.24) is 0 Å². The maximum absolute atomic E-state index is 11.5. The molecule has 0 amide bonds. The average Bonchev–Trinajstić information content (AvgIpc) is 3.06. The number of nitrogens with zero attached hydrogens (tertiary/aromatic N) is 3. The first-order valence-electron chi connectivity index (χ1n) is 14.4. The van der Waals surface area contributed by atoms with Gasteiger partial charge in [-0.05, 0) is 59.0 Å². The third kappa shape index (κ3) is 6.05. The fourth-order valence-electron chi connectivity index (χ4n) is 6.04. The van der Waals surface area contributed by atoms with E-state index in [9.17, 15) is 20.2 Å². The van der Waals surface area contributed by atoms with E-state index >= 15 is 0 Å². The summed E-state index contributed by atoms with van der Waals surface area (Å²) in [4.78, 5) is 24.2. The van der Waals surface area contributed by atoms with Crippen molar-refractivity contribution in [2.45, 2.75) is 24.4 Å². The Morgan fingerprint density at radius 1 is 0.682 bits per heavy atom. The maximum Gasteiger partial charge on any atom is 0.269 e. The van der Waals surface area contributed by atoms with E-state index in [0.29, 0.717) is 0 Å². The molecule has 1 N–H and O–H groups in total. The van der Waals surface area contributed by atoms with Crippen LogP contribution in [0.4, 0.5) is 22.7 Å². The molecule has 0 aromatic heterocycles. The molecule has 0 aliphatic heterocycles. The van der Waals surface area contributed by atoms with E-state index in [1.165, 1.54) is 17.7 Å². The quantitative estimate of drug-likeness (QED) is 0.138. The summed E-state index contributed by atoms with van der Waals surface area (Å²) in [6.45, 7) is 0. The second-order valence-electron chi connectivity index (χ2n) is 10.7. The Balaban J connectivity index is 1.49. The van der Waals surface area contributed by atoms with Gasteiger partial charge in [-0.15, -0.1) is 0 Å². The van der Waals surface area contributed by atoms with E-state index in [1.54, 1.807) is 36.4 Å². The molecule has 0 radical (unpaired) electrons. The van der Waals surface area contributed by atoms with Gasteiger partial charge in [-0.3, -0.25) is 20.2 Å². The molecule has 0 fully saturated rings. The molecule has 1 aliphatic carbocycles. The van der Waals surface area contributed by atoms with Crippen LogP contribution >= 0.6 is 0 Å². The van der Waals surface area contributed by atoms with Gasteiger partial charge in [0.2, 0.25) is 0 Å². The molecule has 0 bridgehead atoms. The highest BCUT2D eigenvalue weighted by molar-refractivity contribution is 5.62. The van der Waals surface area contributed by atoms with Crippen LogP contribution in [0.15, 0.2) is 140 Å². The zero-order chi connectivity index (χ0) is 30.5. The van der Waals surface area contributed by atoms with Crippen molar-refractivity contribution in [3.63, 3.8) is 0 Å². The number of anilines is 2. The normalized spacial score (nSPS) is 17.5. The molecule has 44 heavy (non-hydrogen) atoms. The van der Waals surface area contributed by atoms with Gasteiger partial charge >= 0.3 is 0 Å². The Morgan fingerprint density at radius 3 is 1.89 bits per heavy atom. The number of fused-ring (bicyclic) bond motifs is 1. The minimum Gasteiger partial charge on any atom is -0.378 e. The standard InChI is InChI=1S/C36H30N4O4/c41-39(42)31-17-15-29(16-18-31)37-36-33-14-8-7-13-28(33)25-34(35(36)27-11-5-2-6-12-27)38(24-23-26-9-3-1-4-10-26)30-19-21-32(22-20-30)40(43)44/h1-24,34-37H,25H2/b24-23+/t34-,35-,36-/m1/s1. The van der Waals surface area contributed by atoms with Crippen LogP contribution in [0.25, 0.3) is 6.08 Å². The number of rotatable bonds is 9. The van der Waals surface area contributed by atoms with Crippen LogP contribution in [0.1, 0.15) is 34.2 Å². The maximum atomic E-state index is 11.5. The molecule has 0 unspecified atom stereocenters. The van der Waals surface area contributed by atoms with Crippen LogP contribution in [-0.4, -0.2) is 15.9 Å². The Bertz CT molecular complexity index is 1780. The van der Waals surface area contributed by atoms with Crippen molar-refractivity contribution in [2.75, 3.05) is 10.2 Å². The first-order valence-corrected chi connectivity index (χ1v) is 14.4. The van der Waals surface area contributed by atoms with Gasteiger partial charge in [-0.1, -0.05) is 84.9 Å². The summed E-state index contributed by atoms with van der Waals surface area (Å²) in [5, 5.41) is 26.5. The van der Waals surface area contributed by atoms with Crippen LogP contribution in [0, 0.1) is 20.2 Å². The average molecular weight is 583 g/mol. The zero-order valence-electron chi connectivity index (χ0n) is 23.8. The van der Waals surface area contributed by atoms with Gasteiger partial charge in [-0.2, -0.15) is 0 Å². The van der Waals surface area contributed by atoms with Crippen LogP contribution in [-0.2, 0) is 6.42 Å².